The zero-order valence-electron chi connectivity index (χ0n) is 13.9. The van der Waals surface area contributed by atoms with E-state index in [1.165, 1.54) is 36.9 Å². The van der Waals surface area contributed by atoms with E-state index in [9.17, 15) is 0 Å². The fourth-order valence-corrected chi connectivity index (χ4v) is 3.44. The molecule has 0 aliphatic heterocycles. The molecule has 2 N–H and O–H groups in total. The highest BCUT2D eigenvalue weighted by molar-refractivity contribution is 5.46. The minimum absolute atomic E-state index is 0.272. The van der Waals surface area contributed by atoms with Crippen LogP contribution in [0, 0.1) is 11.3 Å². The molecule has 0 aromatic heterocycles. The van der Waals surface area contributed by atoms with Crippen molar-refractivity contribution in [1.29, 1.82) is 0 Å². The van der Waals surface area contributed by atoms with Gasteiger partial charge in [0, 0.05) is 18.3 Å². The van der Waals surface area contributed by atoms with E-state index in [4.69, 9.17) is 5.11 Å². The summed E-state index contributed by atoms with van der Waals surface area (Å²) >= 11 is 0. The van der Waals surface area contributed by atoms with Crippen molar-refractivity contribution >= 4 is 5.69 Å². The number of anilines is 1. The predicted molar refractivity (Wildman–Crippen MR) is 90.7 cm³/mol. The fourth-order valence-electron chi connectivity index (χ4n) is 3.44. The quantitative estimate of drug-likeness (QED) is 0.828. The summed E-state index contributed by atoms with van der Waals surface area (Å²) in [5, 5.41) is 12.6. The Bertz CT molecular complexity index is 427. The van der Waals surface area contributed by atoms with Crippen LogP contribution >= 0.6 is 0 Å². The number of hydrogen-bond acceptors (Lipinski definition) is 2. The van der Waals surface area contributed by atoms with Crippen LogP contribution in [-0.4, -0.2) is 17.8 Å². The second kappa shape index (κ2) is 7.31. The van der Waals surface area contributed by atoms with Gasteiger partial charge < -0.3 is 10.4 Å². The van der Waals surface area contributed by atoms with Gasteiger partial charge in [-0.05, 0) is 67.6 Å². The Morgan fingerprint density at radius 3 is 2.48 bits per heavy atom. The molecular weight excluding hydrogens is 258 g/mol. The zero-order valence-corrected chi connectivity index (χ0v) is 13.9. The summed E-state index contributed by atoms with van der Waals surface area (Å²) in [7, 11) is 0. The lowest BCUT2D eigenvalue weighted by Gasteiger charge is -2.37. The maximum atomic E-state index is 8.93. The minimum Gasteiger partial charge on any atom is -0.396 e. The number of aliphatic hydroxyl groups excluding tert-OH is 1. The molecule has 0 amide bonds. The molecule has 0 bridgehead atoms. The van der Waals surface area contributed by atoms with E-state index in [1.54, 1.807) is 0 Å². The number of benzene rings is 1. The third-order valence-corrected chi connectivity index (χ3v) is 4.87. The molecule has 2 heteroatoms. The van der Waals surface area contributed by atoms with Gasteiger partial charge in [-0.15, -0.1) is 0 Å². The highest BCUT2D eigenvalue weighted by Crippen LogP contribution is 2.38. The number of aryl methyl sites for hydroxylation is 1. The van der Waals surface area contributed by atoms with Crippen LogP contribution in [0.1, 0.15) is 58.4 Å². The molecule has 1 aromatic rings. The molecular formula is C19H31NO. The molecule has 0 spiro atoms. The van der Waals surface area contributed by atoms with Gasteiger partial charge in [0.15, 0.2) is 0 Å². The lowest BCUT2D eigenvalue weighted by Crippen LogP contribution is -2.31. The van der Waals surface area contributed by atoms with Gasteiger partial charge in [0.1, 0.15) is 0 Å². The number of nitrogens with one attached hydrogen (secondary N) is 1. The molecule has 0 saturated heterocycles. The van der Waals surface area contributed by atoms with Crippen molar-refractivity contribution in [2.75, 3.05) is 11.9 Å². The smallest absolute Gasteiger partial charge is 0.0434 e. The summed E-state index contributed by atoms with van der Waals surface area (Å²) in [5.41, 5.74) is 3.01. The molecule has 1 saturated carbocycles. The lowest BCUT2D eigenvalue weighted by atomic mass is 9.71. The summed E-state index contributed by atoms with van der Waals surface area (Å²) < 4.78 is 0. The maximum Gasteiger partial charge on any atom is 0.0434 e. The Morgan fingerprint density at radius 1 is 1.14 bits per heavy atom. The van der Waals surface area contributed by atoms with Gasteiger partial charge in [0.05, 0.1) is 0 Å². The van der Waals surface area contributed by atoms with Gasteiger partial charge in [-0.3, -0.25) is 0 Å². The van der Waals surface area contributed by atoms with Crippen LogP contribution in [0.15, 0.2) is 24.3 Å². The largest absolute Gasteiger partial charge is 0.396 e. The monoisotopic (exact) mass is 289 g/mol. The molecule has 1 fully saturated rings. The van der Waals surface area contributed by atoms with Gasteiger partial charge in [-0.1, -0.05) is 32.9 Å². The Kier molecular flexibility index (Phi) is 5.69. The van der Waals surface area contributed by atoms with Gasteiger partial charge in [-0.2, -0.15) is 0 Å². The van der Waals surface area contributed by atoms with Crippen LogP contribution in [0.5, 0.6) is 0 Å². The first-order valence-corrected chi connectivity index (χ1v) is 8.45. The zero-order chi connectivity index (χ0) is 15.3. The van der Waals surface area contributed by atoms with Gasteiger partial charge in [0.25, 0.3) is 0 Å². The molecule has 2 rings (SSSR count). The molecule has 118 valence electrons. The average molecular weight is 289 g/mol. The van der Waals surface area contributed by atoms with Gasteiger partial charge in [-0.25, -0.2) is 0 Å². The van der Waals surface area contributed by atoms with E-state index in [-0.39, 0.29) is 6.61 Å². The van der Waals surface area contributed by atoms with Crippen LogP contribution in [-0.2, 0) is 6.42 Å². The van der Waals surface area contributed by atoms with E-state index in [0.29, 0.717) is 11.5 Å². The molecule has 1 aliphatic carbocycles. The molecule has 0 heterocycles. The van der Waals surface area contributed by atoms with Crippen LogP contribution in [0.25, 0.3) is 0 Å². The topological polar surface area (TPSA) is 32.3 Å². The van der Waals surface area contributed by atoms with Crippen molar-refractivity contribution in [3.63, 3.8) is 0 Å². The van der Waals surface area contributed by atoms with E-state index >= 15 is 0 Å². The number of hydrogen-bond donors (Lipinski definition) is 2. The summed E-state index contributed by atoms with van der Waals surface area (Å²) in [6.07, 6.45) is 7.05. The second-order valence-electron chi connectivity index (χ2n) is 7.59. The molecule has 1 aliphatic rings. The summed E-state index contributed by atoms with van der Waals surface area (Å²) in [6.45, 7) is 7.39. The fraction of sp³-hybridized carbons (Fsp3) is 0.684. The van der Waals surface area contributed by atoms with Crippen LogP contribution < -0.4 is 5.32 Å². The highest BCUT2D eigenvalue weighted by atomic mass is 16.2. The molecule has 1 aromatic carbocycles. The second-order valence-corrected chi connectivity index (χ2v) is 7.59. The summed E-state index contributed by atoms with van der Waals surface area (Å²) in [5.74, 6) is 0.867. The molecule has 2 nitrogen and oxygen atoms in total. The third-order valence-electron chi connectivity index (χ3n) is 4.87. The number of rotatable bonds is 5. The Morgan fingerprint density at radius 2 is 1.86 bits per heavy atom. The van der Waals surface area contributed by atoms with E-state index < -0.39 is 0 Å². The van der Waals surface area contributed by atoms with Crippen molar-refractivity contribution in [3.8, 4) is 0 Å². The molecule has 0 atom stereocenters. The Balaban J connectivity index is 1.86. The van der Waals surface area contributed by atoms with Crippen molar-refractivity contribution in [2.24, 2.45) is 11.3 Å². The van der Waals surface area contributed by atoms with Crippen LogP contribution in [0.4, 0.5) is 5.69 Å². The first-order valence-electron chi connectivity index (χ1n) is 8.45. The van der Waals surface area contributed by atoms with E-state index in [1.807, 2.05) is 0 Å². The molecule has 0 radical (unpaired) electrons. The summed E-state index contributed by atoms with van der Waals surface area (Å²) in [6, 6.07) is 9.30. The van der Waals surface area contributed by atoms with Crippen molar-refractivity contribution in [2.45, 2.75) is 65.3 Å². The highest BCUT2D eigenvalue weighted by Gasteiger charge is 2.29. The Hall–Kier alpha value is -1.02. The SMILES string of the molecule is CC(C)(C)C1CCC(Nc2cccc(CCCO)c2)CC1. The Labute approximate surface area is 130 Å². The number of aliphatic hydroxyl groups is 1. The first-order chi connectivity index (χ1) is 9.99. The molecule has 21 heavy (non-hydrogen) atoms. The van der Waals surface area contributed by atoms with E-state index in [2.05, 4.69) is 50.4 Å². The van der Waals surface area contributed by atoms with Crippen LogP contribution in [0.3, 0.4) is 0 Å². The van der Waals surface area contributed by atoms with Gasteiger partial charge in [0.2, 0.25) is 0 Å². The predicted octanol–water partition coefficient (Wildman–Crippen LogP) is 4.63. The van der Waals surface area contributed by atoms with Crippen molar-refractivity contribution in [1.82, 2.24) is 0 Å². The summed E-state index contributed by atoms with van der Waals surface area (Å²) in [4.78, 5) is 0. The van der Waals surface area contributed by atoms with Crippen molar-refractivity contribution < 1.29 is 5.11 Å². The van der Waals surface area contributed by atoms with Crippen LogP contribution in [0.2, 0.25) is 0 Å². The first kappa shape index (κ1) is 16.4. The average Bonchev–Trinajstić information content (AvgIpc) is 2.45. The van der Waals surface area contributed by atoms with Crippen molar-refractivity contribution in [3.05, 3.63) is 29.8 Å². The van der Waals surface area contributed by atoms with E-state index in [0.717, 1.165) is 18.8 Å². The standard InChI is InChI=1S/C19H31NO/c1-19(2,3)16-9-11-17(12-10-16)20-18-8-4-6-15(14-18)7-5-13-21/h4,6,8,14,16-17,20-21H,5,7,9-13H2,1-3H3. The normalized spacial score (nSPS) is 23.0. The maximum absolute atomic E-state index is 8.93. The third kappa shape index (κ3) is 5.03. The minimum atomic E-state index is 0.272. The lowest BCUT2D eigenvalue weighted by molar-refractivity contribution is 0.173. The molecule has 0 unspecified atom stereocenters. The van der Waals surface area contributed by atoms with Gasteiger partial charge >= 0.3 is 0 Å².